The van der Waals surface area contributed by atoms with Crippen molar-refractivity contribution in [3.05, 3.63) is 100 Å². The number of carbonyl (C=O) groups is 2. The zero-order valence-corrected chi connectivity index (χ0v) is 20.2. The molecule has 2 heterocycles. The Kier molecular flexibility index (Phi) is 6.19. The molecule has 1 N–H and O–H groups in total. The predicted octanol–water partition coefficient (Wildman–Crippen LogP) is 5.50. The third kappa shape index (κ3) is 4.03. The number of ether oxygens (including phenoxy) is 1. The number of aliphatic hydroxyl groups excluding tert-OH is 1. The molecule has 3 aromatic carbocycles. The van der Waals surface area contributed by atoms with Crippen molar-refractivity contribution in [2.45, 2.75) is 13.0 Å². The lowest BCUT2D eigenvalue weighted by molar-refractivity contribution is -0.130. The second kappa shape index (κ2) is 9.44. The van der Waals surface area contributed by atoms with E-state index in [2.05, 4.69) is 4.98 Å². The van der Waals surface area contributed by atoms with Gasteiger partial charge in [-0.1, -0.05) is 72.8 Å². The summed E-state index contributed by atoms with van der Waals surface area (Å²) < 4.78 is 5.22. The van der Waals surface area contributed by atoms with Gasteiger partial charge in [0.25, 0.3) is 5.91 Å². The second-order valence-electron chi connectivity index (χ2n) is 8.35. The Morgan fingerprint density at radius 1 is 1.06 bits per heavy atom. The van der Waals surface area contributed by atoms with Crippen molar-refractivity contribution in [1.29, 1.82) is 0 Å². The maximum Gasteiger partial charge on any atom is 0.290 e. The number of fused-ring (bicyclic) bond motifs is 1. The standard InChI is InChI=1S/C28H24N2O4S/c1-17-26(35-27(29-17)19-10-4-3-5-11-19)24(31)22-23(30(15-16-34-2)28(33)25(22)32)21-14-8-12-18-9-6-7-13-20(18)21/h3-14,23,32H,15-16H2,1-2H3. The van der Waals surface area contributed by atoms with Gasteiger partial charge >= 0.3 is 0 Å². The number of aliphatic hydroxyl groups is 1. The molecule has 1 unspecified atom stereocenters. The average Bonchev–Trinajstić information content (AvgIpc) is 3.40. The number of amides is 1. The molecule has 1 atom stereocenters. The van der Waals surface area contributed by atoms with E-state index in [9.17, 15) is 14.7 Å². The van der Waals surface area contributed by atoms with E-state index in [0.717, 1.165) is 21.9 Å². The molecule has 0 bridgehead atoms. The number of Topliss-reactive ketones (excluding diaryl/α,β-unsaturated/α-hetero) is 1. The summed E-state index contributed by atoms with van der Waals surface area (Å²) in [4.78, 5) is 33.7. The van der Waals surface area contributed by atoms with Crippen molar-refractivity contribution < 1.29 is 19.4 Å². The van der Waals surface area contributed by atoms with Crippen LogP contribution in [0, 0.1) is 6.92 Å². The van der Waals surface area contributed by atoms with Crippen molar-refractivity contribution in [1.82, 2.24) is 9.88 Å². The molecule has 1 aromatic heterocycles. The first kappa shape index (κ1) is 23.0. The normalized spacial score (nSPS) is 15.9. The first-order valence-electron chi connectivity index (χ1n) is 11.3. The van der Waals surface area contributed by atoms with Crippen LogP contribution in [0.5, 0.6) is 0 Å². The van der Waals surface area contributed by atoms with Crippen LogP contribution in [-0.4, -0.2) is 46.9 Å². The zero-order chi connectivity index (χ0) is 24.5. The van der Waals surface area contributed by atoms with E-state index in [1.54, 1.807) is 14.0 Å². The highest BCUT2D eigenvalue weighted by atomic mass is 32.1. The molecule has 176 valence electrons. The fraction of sp³-hybridized carbons (Fsp3) is 0.179. The van der Waals surface area contributed by atoms with E-state index in [1.807, 2.05) is 72.8 Å². The van der Waals surface area contributed by atoms with Gasteiger partial charge in [0.2, 0.25) is 5.78 Å². The fourth-order valence-electron chi connectivity index (χ4n) is 4.55. The summed E-state index contributed by atoms with van der Waals surface area (Å²) in [5.74, 6) is -1.47. The Hall–Kier alpha value is -3.81. The molecule has 0 aliphatic carbocycles. The number of aryl methyl sites for hydroxylation is 1. The number of hydrogen-bond acceptors (Lipinski definition) is 6. The van der Waals surface area contributed by atoms with Gasteiger partial charge in [0.15, 0.2) is 5.76 Å². The summed E-state index contributed by atoms with van der Waals surface area (Å²) in [6.45, 7) is 2.29. The van der Waals surface area contributed by atoms with Gasteiger partial charge in [-0.25, -0.2) is 4.98 Å². The van der Waals surface area contributed by atoms with Crippen LogP contribution in [0.25, 0.3) is 21.3 Å². The van der Waals surface area contributed by atoms with Crippen molar-refractivity contribution in [2.75, 3.05) is 20.3 Å². The average molecular weight is 485 g/mol. The number of carbonyl (C=O) groups excluding carboxylic acids is 2. The summed E-state index contributed by atoms with van der Waals surface area (Å²) in [6, 6.07) is 22.5. The van der Waals surface area contributed by atoms with Crippen molar-refractivity contribution >= 4 is 33.8 Å². The largest absolute Gasteiger partial charge is 0.503 e. The molecular weight excluding hydrogens is 460 g/mol. The summed E-state index contributed by atoms with van der Waals surface area (Å²) in [5.41, 5.74) is 2.34. The fourth-order valence-corrected chi connectivity index (χ4v) is 5.58. The SMILES string of the molecule is COCCN1C(=O)C(O)=C(C(=O)c2sc(-c3ccccc3)nc2C)C1c1cccc2ccccc12. The van der Waals surface area contributed by atoms with Gasteiger partial charge in [-0.3, -0.25) is 9.59 Å². The monoisotopic (exact) mass is 484 g/mol. The van der Waals surface area contributed by atoms with Crippen LogP contribution in [0.1, 0.15) is 27.0 Å². The van der Waals surface area contributed by atoms with Crippen molar-refractivity contribution in [3.63, 3.8) is 0 Å². The van der Waals surface area contributed by atoms with Gasteiger partial charge in [0.05, 0.1) is 28.8 Å². The minimum atomic E-state index is -0.738. The van der Waals surface area contributed by atoms with Gasteiger partial charge in [-0.05, 0) is 23.3 Å². The number of hydrogen-bond donors (Lipinski definition) is 1. The van der Waals surface area contributed by atoms with E-state index < -0.39 is 17.7 Å². The van der Waals surface area contributed by atoms with Gasteiger partial charge in [-0.15, -0.1) is 11.3 Å². The molecule has 0 spiro atoms. The molecule has 35 heavy (non-hydrogen) atoms. The molecule has 6 nitrogen and oxygen atoms in total. The van der Waals surface area contributed by atoms with Crippen molar-refractivity contribution in [2.24, 2.45) is 0 Å². The summed E-state index contributed by atoms with van der Waals surface area (Å²) in [5, 5.41) is 13.6. The highest BCUT2D eigenvalue weighted by molar-refractivity contribution is 7.17. The van der Waals surface area contributed by atoms with E-state index in [4.69, 9.17) is 4.74 Å². The van der Waals surface area contributed by atoms with Crippen LogP contribution in [0.4, 0.5) is 0 Å². The van der Waals surface area contributed by atoms with Gasteiger partial charge in [-0.2, -0.15) is 0 Å². The molecule has 1 aliphatic rings. The Labute approximate surface area is 207 Å². The second-order valence-corrected chi connectivity index (χ2v) is 9.35. The zero-order valence-electron chi connectivity index (χ0n) is 19.4. The molecule has 1 amide bonds. The van der Waals surface area contributed by atoms with E-state index >= 15 is 0 Å². The van der Waals surface area contributed by atoms with Gasteiger partial charge in [0.1, 0.15) is 5.01 Å². The van der Waals surface area contributed by atoms with Crippen molar-refractivity contribution in [3.8, 4) is 10.6 Å². The summed E-state index contributed by atoms with van der Waals surface area (Å²) in [7, 11) is 1.55. The molecule has 0 radical (unpaired) electrons. The number of nitrogens with zero attached hydrogens (tertiary/aromatic N) is 2. The molecule has 7 heteroatoms. The third-order valence-corrected chi connectivity index (χ3v) is 7.43. The van der Waals surface area contributed by atoms with E-state index in [1.165, 1.54) is 16.2 Å². The Morgan fingerprint density at radius 3 is 2.54 bits per heavy atom. The van der Waals surface area contributed by atoms with Crippen LogP contribution in [-0.2, 0) is 9.53 Å². The Balaban J connectivity index is 1.64. The highest BCUT2D eigenvalue weighted by Crippen LogP contribution is 2.42. The highest BCUT2D eigenvalue weighted by Gasteiger charge is 2.44. The van der Waals surface area contributed by atoms with E-state index in [0.29, 0.717) is 15.6 Å². The first-order valence-corrected chi connectivity index (χ1v) is 12.1. The molecule has 5 rings (SSSR count). The third-order valence-electron chi connectivity index (χ3n) is 6.23. The summed E-state index contributed by atoms with van der Waals surface area (Å²) in [6.07, 6.45) is 0. The van der Waals surface area contributed by atoms with Crippen LogP contribution < -0.4 is 0 Å². The number of aromatic nitrogens is 1. The maximum atomic E-state index is 13.9. The molecule has 0 saturated carbocycles. The number of ketones is 1. The number of rotatable bonds is 7. The quantitative estimate of drug-likeness (QED) is 0.351. The first-order chi connectivity index (χ1) is 17.0. The van der Waals surface area contributed by atoms with Crippen LogP contribution in [0.3, 0.4) is 0 Å². The predicted molar refractivity (Wildman–Crippen MR) is 137 cm³/mol. The number of benzene rings is 3. The molecule has 4 aromatic rings. The topological polar surface area (TPSA) is 79.7 Å². The van der Waals surface area contributed by atoms with Gasteiger partial charge in [0, 0.05) is 19.2 Å². The molecule has 0 saturated heterocycles. The molecule has 0 fully saturated rings. The smallest absolute Gasteiger partial charge is 0.290 e. The lowest BCUT2D eigenvalue weighted by Gasteiger charge is -2.27. The Morgan fingerprint density at radius 2 is 1.77 bits per heavy atom. The van der Waals surface area contributed by atoms with Gasteiger partial charge < -0.3 is 14.7 Å². The number of methoxy groups -OCH3 is 1. The molecular formula is C28H24N2O4S. The van der Waals surface area contributed by atoms with Crippen LogP contribution >= 0.6 is 11.3 Å². The Bertz CT molecular complexity index is 1450. The molecule has 1 aliphatic heterocycles. The number of thiazole rings is 1. The lowest BCUT2D eigenvalue weighted by atomic mass is 9.91. The van der Waals surface area contributed by atoms with Crippen LogP contribution in [0.2, 0.25) is 0 Å². The lowest BCUT2D eigenvalue weighted by Crippen LogP contribution is -2.34. The summed E-state index contributed by atoms with van der Waals surface area (Å²) >= 11 is 1.27. The maximum absolute atomic E-state index is 13.9. The van der Waals surface area contributed by atoms with E-state index in [-0.39, 0.29) is 24.5 Å². The minimum Gasteiger partial charge on any atom is -0.503 e. The van der Waals surface area contributed by atoms with Crippen LogP contribution in [0.15, 0.2) is 84.1 Å². The minimum absolute atomic E-state index is 0.0776.